The maximum Gasteiger partial charge on any atom is 0.270 e. The first kappa shape index (κ1) is 25.4. The molecule has 0 fully saturated rings. The van der Waals surface area contributed by atoms with Gasteiger partial charge in [0, 0.05) is 18.5 Å². The summed E-state index contributed by atoms with van der Waals surface area (Å²) in [5.41, 5.74) is 0.877. The Labute approximate surface area is 187 Å². The molecular formula is C23H35N2O5P. The Balaban J connectivity index is 1.76. The molecule has 172 valence electrons. The van der Waals surface area contributed by atoms with Crippen LogP contribution >= 0.6 is 8.53 Å². The van der Waals surface area contributed by atoms with Crippen LogP contribution in [0.2, 0.25) is 0 Å². The van der Waals surface area contributed by atoms with Crippen molar-refractivity contribution in [2.24, 2.45) is 0 Å². The van der Waals surface area contributed by atoms with Crippen molar-refractivity contribution in [1.29, 1.82) is 5.26 Å². The second kappa shape index (κ2) is 13.5. The van der Waals surface area contributed by atoms with E-state index in [4.69, 9.17) is 28.5 Å². The number of nitriles is 1. The maximum atomic E-state index is 8.80. The van der Waals surface area contributed by atoms with E-state index in [1.165, 1.54) is 0 Å². The summed E-state index contributed by atoms with van der Waals surface area (Å²) in [5.74, 6) is 1.58. The van der Waals surface area contributed by atoms with Crippen LogP contribution in [0.5, 0.6) is 5.75 Å². The minimum Gasteiger partial charge on any atom is -0.496 e. The number of unbranched alkanes of at least 4 members (excludes halogenated alkanes) is 1. The lowest BCUT2D eigenvalue weighted by atomic mass is 10.2. The molecule has 0 N–H and O–H groups in total. The van der Waals surface area contributed by atoms with Crippen LogP contribution in [0.3, 0.4) is 0 Å². The number of allylic oxidation sites excluding steroid dienone is 1. The molecule has 2 atom stereocenters. The quantitative estimate of drug-likeness (QED) is 0.252. The SMILES string of the molecule is COc1ccccc1C1OC=C(CCCCOP(OCCC#N)N(C(C)C)C(C)C)O1. The number of para-hydroxylation sites is 1. The van der Waals surface area contributed by atoms with Crippen molar-refractivity contribution in [3.8, 4) is 11.8 Å². The highest BCUT2D eigenvalue weighted by molar-refractivity contribution is 7.44. The van der Waals surface area contributed by atoms with Crippen LogP contribution in [-0.4, -0.2) is 37.1 Å². The first-order chi connectivity index (χ1) is 15.0. The first-order valence-corrected chi connectivity index (χ1v) is 12.0. The van der Waals surface area contributed by atoms with Crippen LogP contribution < -0.4 is 4.74 Å². The van der Waals surface area contributed by atoms with Gasteiger partial charge in [-0.3, -0.25) is 0 Å². The molecule has 0 saturated carbocycles. The van der Waals surface area contributed by atoms with Gasteiger partial charge in [0.25, 0.3) is 14.8 Å². The lowest BCUT2D eigenvalue weighted by molar-refractivity contribution is -0.0370. The monoisotopic (exact) mass is 450 g/mol. The summed E-state index contributed by atoms with van der Waals surface area (Å²) in [6.45, 7) is 9.52. The van der Waals surface area contributed by atoms with Gasteiger partial charge in [-0.2, -0.15) is 5.26 Å². The van der Waals surface area contributed by atoms with Gasteiger partial charge in [0.05, 0.1) is 38.4 Å². The topological polar surface area (TPSA) is 73.2 Å². The predicted molar refractivity (Wildman–Crippen MR) is 121 cm³/mol. The zero-order valence-electron chi connectivity index (χ0n) is 19.2. The largest absolute Gasteiger partial charge is 0.496 e. The number of rotatable bonds is 14. The third-order valence-electron chi connectivity index (χ3n) is 4.66. The van der Waals surface area contributed by atoms with Gasteiger partial charge in [0.1, 0.15) is 17.8 Å². The summed E-state index contributed by atoms with van der Waals surface area (Å²) in [7, 11) is 0.453. The van der Waals surface area contributed by atoms with Crippen molar-refractivity contribution < 1.29 is 23.3 Å². The van der Waals surface area contributed by atoms with Gasteiger partial charge >= 0.3 is 0 Å². The lowest BCUT2D eigenvalue weighted by Gasteiger charge is -2.35. The van der Waals surface area contributed by atoms with Crippen LogP contribution in [0.1, 0.15) is 65.2 Å². The second-order valence-corrected chi connectivity index (χ2v) is 9.20. The molecule has 0 radical (unpaired) electrons. The fourth-order valence-electron chi connectivity index (χ4n) is 3.30. The molecule has 0 aromatic heterocycles. The van der Waals surface area contributed by atoms with Gasteiger partial charge in [-0.25, -0.2) is 4.67 Å². The maximum absolute atomic E-state index is 8.80. The van der Waals surface area contributed by atoms with E-state index in [1.54, 1.807) is 13.4 Å². The molecule has 8 heteroatoms. The Morgan fingerprint density at radius 1 is 1.10 bits per heavy atom. The van der Waals surface area contributed by atoms with Gasteiger partial charge in [0.15, 0.2) is 0 Å². The molecule has 7 nitrogen and oxygen atoms in total. The minimum atomic E-state index is -1.19. The van der Waals surface area contributed by atoms with Crippen molar-refractivity contribution in [2.45, 2.75) is 71.8 Å². The van der Waals surface area contributed by atoms with Crippen LogP contribution in [-0.2, 0) is 18.5 Å². The molecule has 2 unspecified atom stereocenters. The number of ether oxygens (including phenoxy) is 3. The van der Waals surface area contributed by atoms with E-state index in [0.29, 0.717) is 31.7 Å². The number of hydrogen-bond acceptors (Lipinski definition) is 7. The summed E-state index contributed by atoms with van der Waals surface area (Å²) in [5, 5.41) is 8.80. The van der Waals surface area contributed by atoms with Crippen LogP contribution in [0, 0.1) is 11.3 Å². The molecule has 1 aromatic carbocycles. The summed E-state index contributed by atoms with van der Waals surface area (Å²) in [6.07, 6.45) is 4.17. The molecular weight excluding hydrogens is 415 g/mol. The zero-order valence-corrected chi connectivity index (χ0v) is 20.1. The molecule has 0 spiro atoms. The van der Waals surface area contributed by atoms with Crippen LogP contribution in [0.4, 0.5) is 0 Å². The highest BCUT2D eigenvalue weighted by atomic mass is 31.2. The summed E-state index contributed by atoms with van der Waals surface area (Å²) in [6, 6.07) is 10.4. The Morgan fingerprint density at radius 2 is 1.81 bits per heavy atom. The van der Waals surface area contributed by atoms with Crippen molar-refractivity contribution in [2.75, 3.05) is 20.3 Å². The molecule has 0 aliphatic carbocycles. The molecule has 1 heterocycles. The highest BCUT2D eigenvalue weighted by Gasteiger charge is 2.27. The molecule has 31 heavy (non-hydrogen) atoms. The number of benzene rings is 1. The fourth-order valence-corrected chi connectivity index (χ4v) is 4.93. The van der Waals surface area contributed by atoms with Crippen molar-refractivity contribution in [1.82, 2.24) is 4.67 Å². The standard InChI is InChI=1S/C23H35N2O5P/c1-18(2)25(19(3)4)31(29-16-10-14-24)28-15-9-8-11-20-17-27-23(30-20)21-12-6-7-13-22(21)26-5/h6-7,12-13,17-19,23H,8-11,15-16H2,1-5H3. The van der Waals surface area contributed by atoms with Gasteiger partial charge in [-0.05, 0) is 52.7 Å². The van der Waals surface area contributed by atoms with Crippen LogP contribution in [0.25, 0.3) is 0 Å². The fraction of sp³-hybridized carbons (Fsp3) is 0.609. The molecule has 2 rings (SSSR count). The van der Waals surface area contributed by atoms with E-state index < -0.39 is 14.8 Å². The van der Waals surface area contributed by atoms with E-state index in [-0.39, 0.29) is 0 Å². The molecule has 0 saturated heterocycles. The van der Waals surface area contributed by atoms with Crippen LogP contribution in [0.15, 0.2) is 36.3 Å². The summed E-state index contributed by atoms with van der Waals surface area (Å²) < 4.78 is 31.3. The highest BCUT2D eigenvalue weighted by Crippen LogP contribution is 2.46. The van der Waals surface area contributed by atoms with E-state index in [2.05, 4.69) is 38.4 Å². The number of nitrogens with zero attached hydrogens (tertiary/aromatic N) is 2. The Hall–Kier alpha value is -1.84. The molecule has 0 bridgehead atoms. The van der Waals surface area contributed by atoms with E-state index in [0.717, 1.165) is 36.3 Å². The van der Waals surface area contributed by atoms with Gasteiger partial charge < -0.3 is 23.3 Å². The molecule has 0 amide bonds. The molecule has 1 aliphatic heterocycles. The lowest BCUT2D eigenvalue weighted by Crippen LogP contribution is -2.33. The minimum absolute atomic E-state index is 0.300. The Morgan fingerprint density at radius 3 is 2.48 bits per heavy atom. The first-order valence-electron chi connectivity index (χ1n) is 10.8. The van der Waals surface area contributed by atoms with Gasteiger partial charge in [-0.15, -0.1) is 0 Å². The summed E-state index contributed by atoms with van der Waals surface area (Å²) >= 11 is 0. The third kappa shape index (κ3) is 7.97. The van der Waals surface area contributed by atoms with Gasteiger partial charge in [0.2, 0.25) is 0 Å². The average Bonchev–Trinajstić information content (AvgIpc) is 3.21. The van der Waals surface area contributed by atoms with E-state index >= 15 is 0 Å². The summed E-state index contributed by atoms with van der Waals surface area (Å²) in [4.78, 5) is 0. The second-order valence-electron chi connectivity index (χ2n) is 7.75. The van der Waals surface area contributed by atoms with Crippen molar-refractivity contribution in [3.05, 3.63) is 41.9 Å². The zero-order chi connectivity index (χ0) is 22.6. The van der Waals surface area contributed by atoms with Crippen molar-refractivity contribution in [3.63, 3.8) is 0 Å². The normalized spacial score (nSPS) is 16.7. The van der Waals surface area contributed by atoms with E-state index in [9.17, 15) is 0 Å². The predicted octanol–water partition coefficient (Wildman–Crippen LogP) is 6.04. The third-order valence-corrected chi connectivity index (χ3v) is 6.76. The van der Waals surface area contributed by atoms with Gasteiger partial charge in [-0.1, -0.05) is 12.1 Å². The Bertz CT molecular complexity index is 727. The van der Waals surface area contributed by atoms with E-state index in [1.807, 2.05) is 24.3 Å². The Kier molecular flexibility index (Phi) is 11.1. The number of hydrogen-bond donors (Lipinski definition) is 0. The average molecular weight is 451 g/mol. The number of methoxy groups -OCH3 is 1. The molecule has 1 aromatic rings. The van der Waals surface area contributed by atoms with Crippen molar-refractivity contribution >= 4 is 8.53 Å². The molecule has 1 aliphatic rings. The smallest absolute Gasteiger partial charge is 0.270 e.